The van der Waals surface area contributed by atoms with Crippen LogP contribution in [-0.2, 0) is 0 Å². The number of hydrogen-bond donors (Lipinski definition) is 1. The van der Waals surface area contributed by atoms with Crippen molar-refractivity contribution in [2.24, 2.45) is 0 Å². The fourth-order valence-electron chi connectivity index (χ4n) is 2.91. The van der Waals surface area contributed by atoms with Crippen LogP contribution >= 0.6 is 11.6 Å². The van der Waals surface area contributed by atoms with Crippen LogP contribution in [0, 0.1) is 6.92 Å². The Morgan fingerprint density at radius 2 is 1.74 bits per heavy atom. The standard InChI is InChI=1S/C23H22ClNO2/c1-16-6-8-18(9-7-16)23(26)15-22(17-10-12-21(27-2)13-11-17)25-20-5-3-4-19(24)14-20/h3-14,22,25H,15H2,1-2H3. The molecule has 3 nitrogen and oxygen atoms in total. The number of carbonyl (C=O) groups excluding carboxylic acids is 1. The highest BCUT2D eigenvalue weighted by Gasteiger charge is 2.18. The van der Waals surface area contributed by atoms with Crippen LogP contribution in [0.2, 0.25) is 5.02 Å². The van der Waals surface area contributed by atoms with Crippen molar-refractivity contribution in [3.8, 4) is 5.75 Å². The van der Waals surface area contributed by atoms with Gasteiger partial charge in [0.05, 0.1) is 13.2 Å². The van der Waals surface area contributed by atoms with Crippen molar-refractivity contribution in [1.29, 1.82) is 0 Å². The van der Waals surface area contributed by atoms with E-state index in [0.717, 1.165) is 22.6 Å². The zero-order valence-electron chi connectivity index (χ0n) is 15.4. The van der Waals surface area contributed by atoms with E-state index in [1.165, 1.54) is 0 Å². The van der Waals surface area contributed by atoms with Crippen molar-refractivity contribution < 1.29 is 9.53 Å². The maximum absolute atomic E-state index is 12.8. The molecule has 0 radical (unpaired) electrons. The van der Waals surface area contributed by atoms with Gasteiger partial charge in [0, 0.05) is 22.7 Å². The number of methoxy groups -OCH3 is 1. The van der Waals surface area contributed by atoms with Gasteiger partial charge in [-0.1, -0.05) is 59.6 Å². The normalized spacial score (nSPS) is 11.7. The molecule has 3 aromatic carbocycles. The fraction of sp³-hybridized carbons (Fsp3) is 0.174. The topological polar surface area (TPSA) is 38.3 Å². The minimum atomic E-state index is -0.178. The van der Waals surface area contributed by atoms with Gasteiger partial charge in [-0.2, -0.15) is 0 Å². The molecule has 138 valence electrons. The number of benzene rings is 3. The third-order valence-corrected chi connectivity index (χ3v) is 4.68. The van der Waals surface area contributed by atoms with Crippen molar-refractivity contribution in [3.05, 3.63) is 94.5 Å². The Bertz CT molecular complexity index is 904. The Labute approximate surface area is 164 Å². The van der Waals surface area contributed by atoms with Crippen LogP contribution in [-0.4, -0.2) is 12.9 Å². The number of halogens is 1. The Hall–Kier alpha value is -2.78. The summed E-state index contributed by atoms with van der Waals surface area (Å²) in [4.78, 5) is 12.8. The summed E-state index contributed by atoms with van der Waals surface area (Å²) in [5.41, 5.74) is 3.73. The first-order valence-corrected chi connectivity index (χ1v) is 9.19. The maximum atomic E-state index is 12.8. The van der Waals surface area contributed by atoms with Gasteiger partial charge < -0.3 is 10.1 Å². The average Bonchev–Trinajstić information content (AvgIpc) is 2.68. The monoisotopic (exact) mass is 379 g/mol. The highest BCUT2D eigenvalue weighted by molar-refractivity contribution is 6.30. The van der Waals surface area contributed by atoms with E-state index < -0.39 is 0 Å². The molecule has 1 unspecified atom stereocenters. The van der Waals surface area contributed by atoms with Gasteiger partial charge in [-0.05, 0) is 42.8 Å². The van der Waals surface area contributed by atoms with E-state index in [1.54, 1.807) is 7.11 Å². The highest BCUT2D eigenvalue weighted by atomic mass is 35.5. The molecule has 1 N–H and O–H groups in total. The first kappa shape index (κ1) is 19.0. The quantitative estimate of drug-likeness (QED) is 0.505. The van der Waals surface area contributed by atoms with Crippen LogP contribution in [0.5, 0.6) is 5.75 Å². The van der Waals surface area contributed by atoms with E-state index in [2.05, 4.69) is 5.32 Å². The third-order valence-electron chi connectivity index (χ3n) is 4.45. The Balaban J connectivity index is 1.85. The molecule has 0 saturated heterocycles. The zero-order valence-corrected chi connectivity index (χ0v) is 16.2. The van der Waals surface area contributed by atoms with E-state index in [4.69, 9.17) is 16.3 Å². The van der Waals surface area contributed by atoms with Crippen LogP contribution in [0.4, 0.5) is 5.69 Å². The second-order valence-electron chi connectivity index (χ2n) is 6.47. The van der Waals surface area contributed by atoms with Crippen molar-refractivity contribution in [1.82, 2.24) is 0 Å². The predicted octanol–water partition coefficient (Wildman–Crippen LogP) is 6.08. The SMILES string of the molecule is COc1ccc(C(CC(=O)c2ccc(C)cc2)Nc2cccc(Cl)c2)cc1. The minimum absolute atomic E-state index is 0.0883. The maximum Gasteiger partial charge on any atom is 0.165 e. The summed E-state index contributed by atoms with van der Waals surface area (Å²) in [6.45, 7) is 2.01. The van der Waals surface area contributed by atoms with Crippen LogP contribution in [0.25, 0.3) is 0 Å². The molecule has 27 heavy (non-hydrogen) atoms. The number of rotatable bonds is 7. The lowest BCUT2D eigenvalue weighted by Gasteiger charge is -2.20. The van der Waals surface area contributed by atoms with Crippen LogP contribution in [0.3, 0.4) is 0 Å². The first-order chi connectivity index (χ1) is 13.0. The number of hydrogen-bond acceptors (Lipinski definition) is 3. The number of anilines is 1. The summed E-state index contributed by atoms with van der Waals surface area (Å²) >= 11 is 6.11. The summed E-state index contributed by atoms with van der Waals surface area (Å²) in [5, 5.41) is 4.09. The van der Waals surface area contributed by atoms with E-state index >= 15 is 0 Å². The highest BCUT2D eigenvalue weighted by Crippen LogP contribution is 2.27. The van der Waals surface area contributed by atoms with Gasteiger partial charge >= 0.3 is 0 Å². The zero-order chi connectivity index (χ0) is 19.2. The average molecular weight is 380 g/mol. The van der Waals surface area contributed by atoms with Gasteiger partial charge in [-0.15, -0.1) is 0 Å². The second kappa shape index (κ2) is 8.74. The number of aryl methyl sites for hydroxylation is 1. The van der Waals surface area contributed by atoms with Crippen molar-refractivity contribution in [2.75, 3.05) is 12.4 Å². The third kappa shape index (κ3) is 5.11. The molecule has 0 heterocycles. The second-order valence-corrected chi connectivity index (χ2v) is 6.91. The van der Waals surface area contributed by atoms with Gasteiger partial charge in [0.15, 0.2) is 5.78 Å². The number of nitrogens with one attached hydrogen (secondary N) is 1. The molecular weight excluding hydrogens is 358 g/mol. The van der Waals surface area contributed by atoms with Crippen LogP contribution < -0.4 is 10.1 Å². The number of carbonyl (C=O) groups is 1. The fourth-order valence-corrected chi connectivity index (χ4v) is 3.10. The van der Waals surface area contributed by atoms with E-state index in [0.29, 0.717) is 17.0 Å². The lowest BCUT2D eigenvalue weighted by Crippen LogP contribution is -2.16. The molecule has 4 heteroatoms. The summed E-state index contributed by atoms with van der Waals surface area (Å²) < 4.78 is 5.24. The summed E-state index contributed by atoms with van der Waals surface area (Å²) in [6.07, 6.45) is 0.335. The smallest absolute Gasteiger partial charge is 0.165 e. The molecule has 3 aromatic rings. The molecule has 1 atom stereocenters. The van der Waals surface area contributed by atoms with Gasteiger partial charge in [0.25, 0.3) is 0 Å². The summed E-state index contributed by atoms with van der Waals surface area (Å²) in [6, 6.07) is 22.8. The molecule has 0 fully saturated rings. The molecule has 3 rings (SSSR count). The summed E-state index contributed by atoms with van der Waals surface area (Å²) in [7, 11) is 1.64. The molecule has 0 aliphatic heterocycles. The molecular formula is C23H22ClNO2. The minimum Gasteiger partial charge on any atom is -0.497 e. The molecule has 0 aliphatic rings. The van der Waals surface area contributed by atoms with Crippen LogP contribution in [0.1, 0.15) is 33.9 Å². The van der Waals surface area contributed by atoms with E-state index in [9.17, 15) is 4.79 Å². The molecule has 0 spiro atoms. The number of ether oxygens (including phenoxy) is 1. The Morgan fingerprint density at radius 1 is 1.04 bits per heavy atom. The van der Waals surface area contributed by atoms with Gasteiger partial charge in [-0.25, -0.2) is 0 Å². The van der Waals surface area contributed by atoms with E-state index in [1.807, 2.05) is 79.7 Å². The first-order valence-electron chi connectivity index (χ1n) is 8.81. The number of Topliss-reactive ketones (excluding diaryl/α,β-unsaturated/α-hetero) is 1. The van der Waals surface area contributed by atoms with Crippen molar-refractivity contribution >= 4 is 23.1 Å². The Morgan fingerprint density at radius 3 is 2.37 bits per heavy atom. The van der Waals surface area contributed by atoms with Crippen molar-refractivity contribution in [3.63, 3.8) is 0 Å². The number of ketones is 1. The largest absolute Gasteiger partial charge is 0.497 e. The van der Waals surface area contributed by atoms with E-state index in [-0.39, 0.29) is 11.8 Å². The predicted molar refractivity (Wildman–Crippen MR) is 111 cm³/mol. The van der Waals surface area contributed by atoms with Gasteiger partial charge in [0.2, 0.25) is 0 Å². The lowest BCUT2D eigenvalue weighted by atomic mass is 9.97. The van der Waals surface area contributed by atoms with Gasteiger partial charge in [0.1, 0.15) is 5.75 Å². The molecule has 0 saturated carbocycles. The molecule has 0 aromatic heterocycles. The van der Waals surface area contributed by atoms with Crippen molar-refractivity contribution in [2.45, 2.75) is 19.4 Å². The summed E-state index contributed by atoms with van der Waals surface area (Å²) in [5.74, 6) is 0.871. The van der Waals surface area contributed by atoms with Gasteiger partial charge in [-0.3, -0.25) is 4.79 Å². The molecule has 0 bridgehead atoms. The lowest BCUT2D eigenvalue weighted by molar-refractivity contribution is 0.0976. The molecule has 0 aliphatic carbocycles. The Kier molecular flexibility index (Phi) is 6.15. The molecule has 0 amide bonds. The van der Waals surface area contributed by atoms with Crippen LogP contribution in [0.15, 0.2) is 72.8 Å².